The lowest BCUT2D eigenvalue weighted by molar-refractivity contribution is 0.252. The van der Waals surface area contributed by atoms with Crippen LogP contribution in [-0.4, -0.2) is 9.97 Å². The molecule has 0 amide bonds. The van der Waals surface area contributed by atoms with Gasteiger partial charge in [0.15, 0.2) is 5.82 Å². The predicted molar refractivity (Wildman–Crippen MR) is 101 cm³/mol. The highest BCUT2D eigenvalue weighted by atomic mass is 19.1. The van der Waals surface area contributed by atoms with Gasteiger partial charge in [0, 0.05) is 18.0 Å². The van der Waals surface area contributed by atoms with E-state index in [1.165, 1.54) is 57.1 Å². The van der Waals surface area contributed by atoms with Gasteiger partial charge >= 0.3 is 0 Å². The van der Waals surface area contributed by atoms with E-state index in [9.17, 15) is 4.39 Å². The molecule has 1 fully saturated rings. The first-order valence-corrected chi connectivity index (χ1v) is 9.70. The Kier molecular flexibility index (Phi) is 6.33. The number of hydrogen-bond donors (Lipinski definition) is 0. The quantitative estimate of drug-likeness (QED) is 0.671. The first-order valence-electron chi connectivity index (χ1n) is 9.70. The van der Waals surface area contributed by atoms with Crippen molar-refractivity contribution in [3.63, 3.8) is 0 Å². The number of rotatable bonds is 6. The maximum atomic E-state index is 13.7. The number of benzene rings is 1. The summed E-state index contributed by atoms with van der Waals surface area (Å²) in [7, 11) is 0. The van der Waals surface area contributed by atoms with E-state index in [4.69, 9.17) is 5.26 Å². The van der Waals surface area contributed by atoms with E-state index in [-0.39, 0.29) is 5.56 Å². The zero-order valence-electron chi connectivity index (χ0n) is 15.4. The zero-order valence-corrected chi connectivity index (χ0v) is 15.4. The molecule has 26 heavy (non-hydrogen) atoms. The molecule has 1 aliphatic rings. The van der Waals surface area contributed by atoms with Crippen LogP contribution in [0.1, 0.15) is 63.0 Å². The Morgan fingerprint density at radius 3 is 2.31 bits per heavy atom. The second-order valence-corrected chi connectivity index (χ2v) is 7.44. The van der Waals surface area contributed by atoms with Gasteiger partial charge in [-0.05, 0) is 48.4 Å². The van der Waals surface area contributed by atoms with Gasteiger partial charge in [-0.3, -0.25) is 0 Å². The van der Waals surface area contributed by atoms with Crippen molar-refractivity contribution in [3.8, 4) is 17.5 Å². The Balaban J connectivity index is 1.54. The molecule has 0 aliphatic heterocycles. The Labute approximate surface area is 155 Å². The van der Waals surface area contributed by atoms with Crippen LogP contribution in [0.4, 0.5) is 4.39 Å². The lowest BCUT2D eigenvalue weighted by Gasteiger charge is -2.28. The van der Waals surface area contributed by atoms with E-state index < -0.39 is 5.82 Å². The number of aryl methyl sites for hydroxylation is 1. The van der Waals surface area contributed by atoms with E-state index in [0.29, 0.717) is 11.4 Å². The first kappa shape index (κ1) is 18.5. The fraction of sp³-hybridized carbons (Fsp3) is 0.500. The van der Waals surface area contributed by atoms with Crippen molar-refractivity contribution in [1.29, 1.82) is 5.26 Å². The second kappa shape index (κ2) is 8.89. The van der Waals surface area contributed by atoms with Crippen molar-refractivity contribution in [3.05, 3.63) is 47.5 Å². The molecule has 0 radical (unpaired) electrons. The molecule has 0 bridgehead atoms. The smallest absolute Gasteiger partial charge is 0.159 e. The molecule has 0 saturated heterocycles. The largest absolute Gasteiger partial charge is 0.236 e. The average Bonchev–Trinajstić information content (AvgIpc) is 2.68. The average molecular weight is 351 g/mol. The van der Waals surface area contributed by atoms with E-state index in [1.807, 2.05) is 18.5 Å². The normalized spacial score (nSPS) is 19.9. The zero-order chi connectivity index (χ0) is 18.4. The third kappa shape index (κ3) is 4.66. The summed E-state index contributed by atoms with van der Waals surface area (Å²) in [6.07, 6.45) is 14.1. The lowest BCUT2D eigenvalue weighted by Crippen LogP contribution is -2.15. The maximum absolute atomic E-state index is 13.7. The standard InChI is InChI=1S/C22H26FN3/c1-2-3-16-4-6-17(7-5-16)8-9-18-14-25-22(26-15-18)19-10-11-20(13-24)21(23)12-19/h10-12,14-17H,2-9H2,1H3. The van der Waals surface area contributed by atoms with Crippen molar-refractivity contribution in [2.75, 3.05) is 0 Å². The summed E-state index contributed by atoms with van der Waals surface area (Å²) in [5, 5.41) is 8.80. The van der Waals surface area contributed by atoms with Gasteiger partial charge in [0.05, 0.1) is 5.56 Å². The van der Waals surface area contributed by atoms with Crippen LogP contribution >= 0.6 is 0 Å². The molecule has 3 nitrogen and oxygen atoms in total. The molecule has 1 saturated carbocycles. The van der Waals surface area contributed by atoms with Gasteiger partial charge in [-0.2, -0.15) is 5.26 Å². The van der Waals surface area contributed by atoms with Crippen LogP contribution in [0.25, 0.3) is 11.4 Å². The molecule has 1 aromatic heterocycles. The number of aromatic nitrogens is 2. The summed E-state index contributed by atoms with van der Waals surface area (Å²) in [5.41, 5.74) is 1.78. The highest BCUT2D eigenvalue weighted by molar-refractivity contribution is 5.56. The van der Waals surface area contributed by atoms with E-state index in [2.05, 4.69) is 16.9 Å². The van der Waals surface area contributed by atoms with Crippen molar-refractivity contribution >= 4 is 0 Å². The molecule has 4 heteroatoms. The van der Waals surface area contributed by atoms with E-state index >= 15 is 0 Å². The number of halogens is 1. The SMILES string of the molecule is CCCC1CCC(CCc2cnc(-c3ccc(C#N)c(F)c3)nc2)CC1. The highest BCUT2D eigenvalue weighted by Gasteiger charge is 2.20. The van der Waals surface area contributed by atoms with Crippen LogP contribution in [0.3, 0.4) is 0 Å². The van der Waals surface area contributed by atoms with Gasteiger partial charge in [-0.15, -0.1) is 0 Å². The Morgan fingerprint density at radius 1 is 1.08 bits per heavy atom. The van der Waals surface area contributed by atoms with Crippen molar-refractivity contribution in [2.45, 2.75) is 58.3 Å². The molecule has 0 atom stereocenters. The molecule has 3 rings (SSSR count). The molecule has 0 unspecified atom stereocenters. The lowest BCUT2D eigenvalue weighted by atomic mass is 9.78. The summed E-state index contributed by atoms with van der Waals surface area (Å²) in [5.74, 6) is 1.75. The van der Waals surface area contributed by atoms with Gasteiger partial charge in [0.2, 0.25) is 0 Å². The van der Waals surface area contributed by atoms with Gasteiger partial charge in [-0.1, -0.05) is 45.4 Å². The van der Waals surface area contributed by atoms with Crippen LogP contribution in [0, 0.1) is 29.0 Å². The van der Waals surface area contributed by atoms with Gasteiger partial charge in [0.1, 0.15) is 11.9 Å². The summed E-state index contributed by atoms with van der Waals surface area (Å²) in [6, 6.07) is 6.30. The fourth-order valence-electron chi connectivity index (χ4n) is 3.97. The van der Waals surface area contributed by atoms with Crippen molar-refractivity contribution in [2.24, 2.45) is 11.8 Å². The minimum absolute atomic E-state index is 0.0408. The summed E-state index contributed by atoms with van der Waals surface area (Å²) >= 11 is 0. The summed E-state index contributed by atoms with van der Waals surface area (Å²) < 4.78 is 13.7. The van der Waals surface area contributed by atoms with Crippen molar-refractivity contribution in [1.82, 2.24) is 9.97 Å². The van der Waals surface area contributed by atoms with Crippen LogP contribution < -0.4 is 0 Å². The second-order valence-electron chi connectivity index (χ2n) is 7.44. The first-order chi connectivity index (χ1) is 12.7. The molecule has 1 aromatic carbocycles. The molecule has 2 aromatic rings. The van der Waals surface area contributed by atoms with Crippen LogP contribution in [0.15, 0.2) is 30.6 Å². The molecule has 1 aliphatic carbocycles. The maximum Gasteiger partial charge on any atom is 0.159 e. The third-order valence-corrected chi connectivity index (χ3v) is 5.56. The van der Waals surface area contributed by atoms with Crippen molar-refractivity contribution < 1.29 is 4.39 Å². The Hall–Kier alpha value is -2.28. The predicted octanol–water partition coefficient (Wildman–Crippen LogP) is 5.69. The van der Waals surface area contributed by atoms with Gasteiger partial charge in [0.25, 0.3) is 0 Å². The third-order valence-electron chi connectivity index (χ3n) is 5.56. The highest BCUT2D eigenvalue weighted by Crippen LogP contribution is 2.33. The van der Waals surface area contributed by atoms with Crippen LogP contribution in [-0.2, 0) is 6.42 Å². The molecule has 0 spiro atoms. The number of nitriles is 1. The monoisotopic (exact) mass is 351 g/mol. The molecule has 0 N–H and O–H groups in total. The number of nitrogens with zero attached hydrogens (tertiary/aromatic N) is 3. The van der Waals surface area contributed by atoms with Gasteiger partial charge in [-0.25, -0.2) is 14.4 Å². The molecule has 136 valence electrons. The van der Waals surface area contributed by atoms with E-state index in [0.717, 1.165) is 23.8 Å². The number of hydrogen-bond acceptors (Lipinski definition) is 3. The molecular formula is C22H26FN3. The Morgan fingerprint density at radius 2 is 1.73 bits per heavy atom. The fourth-order valence-corrected chi connectivity index (χ4v) is 3.97. The summed E-state index contributed by atoms with van der Waals surface area (Å²) in [4.78, 5) is 8.77. The minimum Gasteiger partial charge on any atom is -0.236 e. The molecular weight excluding hydrogens is 325 g/mol. The van der Waals surface area contributed by atoms with Gasteiger partial charge < -0.3 is 0 Å². The summed E-state index contributed by atoms with van der Waals surface area (Å²) in [6.45, 7) is 2.28. The minimum atomic E-state index is -0.531. The topological polar surface area (TPSA) is 49.6 Å². The van der Waals surface area contributed by atoms with Crippen LogP contribution in [0.2, 0.25) is 0 Å². The van der Waals surface area contributed by atoms with E-state index in [1.54, 1.807) is 6.07 Å². The molecule has 1 heterocycles. The van der Waals surface area contributed by atoms with Crippen LogP contribution in [0.5, 0.6) is 0 Å². The Bertz CT molecular complexity index is 756.